The first-order valence-corrected chi connectivity index (χ1v) is 5.00. The average Bonchev–Trinajstić information content (AvgIpc) is 2.92. The van der Waals surface area contributed by atoms with Gasteiger partial charge < -0.3 is 10.6 Å². The SMILES string of the molecule is Cn1nnnc1N(CCC(=N)N)C1CC1. The lowest BCUT2D eigenvalue weighted by Gasteiger charge is -2.21. The first-order valence-electron chi connectivity index (χ1n) is 5.00. The van der Waals surface area contributed by atoms with E-state index in [1.165, 1.54) is 12.8 Å². The molecule has 7 heteroatoms. The number of hydrogen-bond donors (Lipinski definition) is 2. The topological polar surface area (TPSA) is 96.7 Å². The molecule has 0 amide bonds. The molecule has 0 aromatic carbocycles. The monoisotopic (exact) mass is 209 g/mol. The minimum atomic E-state index is 0.204. The number of amidine groups is 1. The van der Waals surface area contributed by atoms with Gasteiger partial charge in [-0.2, -0.15) is 0 Å². The van der Waals surface area contributed by atoms with E-state index in [0.717, 1.165) is 5.95 Å². The smallest absolute Gasteiger partial charge is 0.245 e. The summed E-state index contributed by atoms with van der Waals surface area (Å²) >= 11 is 0. The summed E-state index contributed by atoms with van der Waals surface area (Å²) in [6.07, 6.45) is 2.90. The molecule has 1 saturated carbocycles. The van der Waals surface area contributed by atoms with Crippen LogP contribution in [0.4, 0.5) is 5.95 Å². The molecule has 1 aromatic heterocycles. The van der Waals surface area contributed by atoms with Gasteiger partial charge in [0.1, 0.15) is 0 Å². The molecule has 0 spiro atoms. The summed E-state index contributed by atoms with van der Waals surface area (Å²) in [7, 11) is 1.82. The summed E-state index contributed by atoms with van der Waals surface area (Å²) in [6, 6.07) is 0.522. The van der Waals surface area contributed by atoms with Crippen LogP contribution >= 0.6 is 0 Å². The number of tetrazole rings is 1. The van der Waals surface area contributed by atoms with Gasteiger partial charge in [0.05, 0.1) is 5.84 Å². The fourth-order valence-electron chi connectivity index (χ4n) is 1.54. The van der Waals surface area contributed by atoms with Crippen LogP contribution in [0.1, 0.15) is 19.3 Å². The maximum absolute atomic E-state index is 7.22. The fourth-order valence-corrected chi connectivity index (χ4v) is 1.54. The molecule has 0 bridgehead atoms. The molecule has 2 rings (SSSR count). The quantitative estimate of drug-likeness (QED) is 0.503. The fraction of sp³-hybridized carbons (Fsp3) is 0.750. The third-order valence-electron chi connectivity index (χ3n) is 2.46. The summed E-state index contributed by atoms with van der Waals surface area (Å²) in [5, 5.41) is 18.6. The predicted octanol–water partition coefficient (Wildman–Crippen LogP) is -0.495. The molecule has 1 heterocycles. The van der Waals surface area contributed by atoms with E-state index >= 15 is 0 Å². The zero-order valence-electron chi connectivity index (χ0n) is 8.72. The summed E-state index contributed by atoms with van der Waals surface area (Å²) < 4.78 is 1.65. The van der Waals surface area contributed by atoms with Gasteiger partial charge in [-0.15, -0.1) is 0 Å². The van der Waals surface area contributed by atoms with Crippen LogP contribution in [0.25, 0.3) is 0 Å². The second-order valence-corrected chi connectivity index (χ2v) is 3.80. The number of hydrogen-bond acceptors (Lipinski definition) is 5. The van der Waals surface area contributed by atoms with Crippen LogP contribution in [0, 0.1) is 5.41 Å². The van der Waals surface area contributed by atoms with Gasteiger partial charge in [0.2, 0.25) is 5.95 Å². The van der Waals surface area contributed by atoms with Gasteiger partial charge in [-0.05, 0) is 23.3 Å². The Bertz CT molecular complexity index is 354. The molecule has 0 atom stereocenters. The molecule has 0 aliphatic heterocycles. The van der Waals surface area contributed by atoms with Crippen molar-refractivity contribution in [3.63, 3.8) is 0 Å². The molecule has 1 aliphatic carbocycles. The minimum absolute atomic E-state index is 0.204. The molecule has 82 valence electrons. The van der Waals surface area contributed by atoms with E-state index in [2.05, 4.69) is 20.4 Å². The highest BCUT2D eigenvalue weighted by atomic mass is 15.6. The Morgan fingerprint density at radius 1 is 1.67 bits per heavy atom. The molecule has 3 N–H and O–H groups in total. The molecular formula is C8H15N7. The lowest BCUT2D eigenvalue weighted by Crippen LogP contribution is -2.32. The predicted molar refractivity (Wildman–Crippen MR) is 55.7 cm³/mol. The Kier molecular flexibility index (Phi) is 2.53. The summed E-state index contributed by atoms with van der Waals surface area (Å²) in [5.41, 5.74) is 5.35. The first kappa shape index (κ1) is 9.88. The molecule has 15 heavy (non-hydrogen) atoms. The minimum Gasteiger partial charge on any atom is -0.388 e. The Labute approximate surface area is 87.7 Å². The molecular weight excluding hydrogens is 194 g/mol. The van der Waals surface area contributed by atoms with E-state index in [4.69, 9.17) is 11.1 Å². The molecule has 1 fully saturated rings. The van der Waals surface area contributed by atoms with Gasteiger partial charge in [0.15, 0.2) is 0 Å². The van der Waals surface area contributed by atoms with E-state index in [1.54, 1.807) is 4.68 Å². The zero-order chi connectivity index (χ0) is 10.8. The molecule has 7 nitrogen and oxygen atoms in total. The lowest BCUT2D eigenvalue weighted by molar-refractivity contribution is 0.676. The molecule has 1 aromatic rings. The van der Waals surface area contributed by atoms with Crippen molar-refractivity contribution in [2.75, 3.05) is 11.4 Å². The van der Waals surface area contributed by atoms with Crippen LogP contribution in [0.3, 0.4) is 0 Å². The second kappa shape index (κ2) is 3.84. The lowest BCUT2D eigenvalue weighted by atomic mass is 10.3. The Hall–Kier alpha value is -1.66. The van der Waals surface area contributed by atoms with Crippen LogP contribution < -0.4 is 10.6 Å². The van der Waals surface area contributed by atoms with Crippen LogP contribution in [0.15, 0.2) is 0 Å². The number of aryl methyl sites for hydroxylation is 1. The van der Waals surface area contributed by atoms with Crippen molar-refractivity contribution in [1.29, 1.82) is 5.41 Å². The largest absolute Gasteiger partial charge is 0.388 e. The summed E-state index contributed by atoms with van der Waals surface area (Å²) in [4.78, 5) is 2.13. The van der Waals surface area contributed by atoms with Crippen molar-refractivity contribution in [3.8, 4) is 0 Å². The van der Waals surface area contributed by atoms with Crippen molar-refractivity contribution in [1.82, 2.24) is 20.2 Å². The normalized spacial score (nSPS) is 15.3. The second-order valence-electron chi connectivity index (χ2n) is 3.80. The number of nitrogens with one attached hydrogen (secondary N) is 1. The molecule has 0 saturated heterocycles. The van der Waals surface area contributed by atoms with E-state index in [-0.39, 0.29) is 5.84 Å². The Balaban J connectivity index is 2.06. The van der Waals surface area contributed by atoms with Gasteiger partial charge >= 0.3 is 0 Å². The highest BCUT2D eigenvalue weighted by molar-refractivity contribution is 5.77. The summed E-state index contributed by atoms with van der Waals surface area (Å²) in [6.45, 7) is 0.716. The Morgan fingerprint density at radius 3 is 2.87 bits per heavy atom. The highest BCUT2D eigenvalue weighted by Gasteiger charge is 2.31. The van der Waals surface area contributed by atoms with Gasteiger partial charge in [0, 0.05) is 26.1 Å². The molecule has 0 radical (unpaired) electrons. The van der Waals surface area contributed by atoms with E-state index in [0.29, 0.717) is 19.0 Å². The van der Waals surface area contributed by atoms with Gasteiger partial charge in [-0.25, -0.2) is 4.68 Å². The van der Waals surface area contributed by atoms with Gasteiger partial charge in [0.25, 0.3) is 0 Å². The van der Waals surface area contributed by atoms with E-state index in [9.17, 15) is 0 Å². The molecule has 1 aliphatic rings. The van der Waals surface area contributed by atoms with E-state index in [1.807, 2.05) is 7.05 Å². The number of nitrogens with zero attached hydrogens (tertiary/aromatic N) is 5. The summed E-state index contributed by atoms with van der Waals surface area (Å²) in [5.74, 6) is 0.967. The third-order valence-corrected chi connectivity index (χ3v) is 2.46. The van der Waals surface area contributed by atoms with Crippen molar-refractivity contribution in [2.24, 2.45) is 12.8 Å². The number of aromatic nitrogens is 4. The number of anilines is 1. The third kappa shape index (κ3) is 2.23. The number of nitrogens with two attached hydrogens (primary N) is 1. The maximum atomic E-state index is 7.22. The average molecular weight is 209 g/mol. The standard InChI is InChI=1S/C8H15N7/c1-14-8(11-12-13-14)15(6-2-3-6)5-4-7(9)10/h6H,2-5H2,1H3,(H3,9,10). The van der Waals surface area contributed by atoms with Crippen molar-refractivity contribution in [3.05, 3.63) is 0 Å². The van der Waals surface area contributed by atoms with Crippen molar-refractivity contribution in [2.45, 2.75) is 25.3 Å². The van der Waals surface area contributed by atoms with Crippen LogP contribution in [-0.2, 0) is 7.05 Å². The van der Waals surface area contributed by atoms with Crippen LogP contribution in [0.5, 0.6) is 0 Å². The maximum Gasteiger partial charge on any atom is 0.245 e. The van der Waals surface area contributed by atoms with E-state index < -0.39 is 0 Å². The number of rotatable bonds is 5. The Morgan fingerprint density at radius 2 is 2.40 bits per heavy atom. The first-order chi connectivity index (χ1) is 7.18. The van der Waals surface area contributed by atoms with Crippen LogP contribution in [-0.4, -0.2) is 38.6 Å². The highest BCUT2D eigenvalue weighted by Crippen LogP contribution is 2.29. The van der Waals surface area contributed by atoms with Crippen LogP contribution in [0.2, 0.25) is 0 Å². The molecule has 0 unspecified atom stereocenters. The van der Waals surface area contributed by atoms with Crippen molar-refractivity contribution >= 4 is 11.8 Å². The van der Waals surface area contributed by atoms with Gasteiger partial charge in [-0.1, -0.05) is 5.10 Å². The van der Waals surface area contributed by atoms with Gasteiger partial charge in [-0.3, -0.25) is 5.41 Å². The van der Waals surface area contributed by atoms with Crippen molar-refractivity contribution < 1.29 is 0 Å². The zero-order valence-corrected chi connectivity index (χ0v) is 8.72.